The number of carbonyl (C=O) groups is 1. The second kappa shape index (κ2) is 10.6. The van der Waals surface area contributed by atoms with E-state index in [0.29, 0.717) is 34.9 Å². The number of hydrogen-bond donors (Lipinski definition) is 0. The van der Waals surface area contributed by atoms with Crippen LogP contribution < -0.4 is 4.31 Å². The summed E-state index contributed by atoms with van der Waals surface area (Å²) < 4.78 is 41.0. The standard InChI is InChI=1S/C25H26ClF3N4OS2/c1-24(2,3)21-13-16(8-9-30-21)23-31-20(15-35-23)18-7-6-17(14-19(18)26)33(36-25(27,28)29)12-11-32-10-4-5-22(32)34/h6-9,13-15H,4-5,10-12H2,1-3H3. The third-order valence-corrected chi connectivity index (χ3v) is 7.78. The molecule has 0 unspecified atom stereocenters. The van der Waals surface area contributed by atoms with Crippen molar-refractivity contribution in [3.8, 4) is 21.8 Å². The molecule has 1 aromatic carbocycles. The topological polar surface area (TPSA) is 49.3 Å². The quantitative estimate of drug-likeness (QED) is 0.284. The van der Waals surface area contributed by atoms with Crippen LogP contribution in [0.5, 0.6) is 0 Å². The maximum atomic E-state index is 13.3. The zero-order valence-electron chi connectivity index (χ0n) is 20.1. The SMILES string of the molecule is CC(C)(C)c1cc(-c2nc(-c3ccc(N(CCN4CCCC4=O)SC(F)(F)F)cc3Cl)cs2)ccn1. The van der Waals surface area contributed by atoms with Crippen LogP contribution in [0.1, 0.15) is 39.3 Å². The number of rotatable bonds is 7. The summed E-state index contributed by atoms with van der Waals surface area (Å²) in [6, 6.07) is 8.73. The third kappa shape index (κ3) is 6.52. The first kappa shape index (κ1) is 26.8. The Morgan fingerprint density at radius 3 is 2.61 bits per heavy atom. The predicted molar refractivity (Wildman–Crippen MR) is 141 cm³/mol. The highest BCUT2D eigenvalue weighted by molar-refractivity contribution is 8.01. The van der Waals surface area contributed by atoms with E-state index in [0.717, 1.165) is 27.0 Å². The van der Waals surface area contributed by atoms with E-state index >= 15 is 0 Å². The molecule has 0 aliphatic carbocycles. The number of benzene rings is 1. The highest BCUT2D eigenvalue weighted by Gasteiger charge is 2.34. The molecule has 5 nitrogen and oxygen atoms in total. The Morgan fingerprint density at radius 2 is 1.97 bits per heavy atom. The smallest absolute Gasteiger partial charge is 0.341 e. The number of likely N-dealkylation sites (tertiary alicyclic amines) is 1. The number of pyridine rings is 1. The average molecular weight is 555 g/mol. The predicted octanol–water partition coefficient (Wildman–Crippen LogP) is 7.42. The van der Waals surface area contributed by atoms with Gasteiger partial charge in [0.05, 0.1) is 22.7 Å². The Morgan fingerprint density at radius 1 is 1.19 bits per heavy atom. The molecule has 1 saturated heterocycles. The van der Waals surface area contributed by atoms with Crippen molar-refractivity contribution >= 4 is 46.5 Å². The lowest BCUT2D eigenvalue weighted by Gasteiger charge is -2.27. The Labute approximate surface area is 221 Å². The normalized spacial score (nSPS) is 14.5. The van der Waals surface area contributed by atoms with Gasteiger partial charge >= 0.3 is 5.51 Å². The molecule has 0 atom stereocenters. The molecule has 0 N–H and O–H groups in total. The van der Waals surface area contributed by atoms with E-state index in [1.807, 2.05) is 17.5 Å². The first-order chi connectivity index (χ1) is 16.9. The molecule has 0 bridgehead atoms. The van der Waals surface area contributed by atoms with Gasteiger partial charge in [-0.15, -0.1) is 11.3 Å². The minimum atomic E-state index is -4.47. The van der Waals surface area contributed by atoms with Gasteiger partial charge in [0.15, 0.2) is 0 Å². The average Bonchev–Trinajstić information content (AvgIpc) is 3.44. The molecule has 2 aromatic heterocycles. The first-order valence-electron chi connectivity index (χ1n) is 11.4. The minimum absolute atomic E-state index is 0.0245. The van der Waals surface area contributed by atoms with Crippen LogP contribution in [0.2, 0.25) is 5.02 Å². The van der Waals surface area contributed by atoms with E-state index in [1.165, 1.54) is 17.4 Å². The summed E-state index contributed by atoms with van der Waals surface area (Å²) >= 11 is 7.78. The molecule has 1 fully saturated rings. The fourth-order valence-corrected chi connectivity index (χ4v) is 5.61. The van der Waals surface area contributed by atoms with Gasteiger partial charge in [0.2, 0.25) is 5.91 Å². The van der Waals surface area contributed by atoms with E-state index in [-0.39, 0.29) is 36.4 Å². The summed E-state index contributed by atoms with van der Waals surface area (Å²) in [4.78, 5) is 22.7. The molecule has 192 valence electrons. The van der Waals surface area contributed by atoms with Gasteiger partial charge in [-0.05, 0) is 36.8 Å². The summed E-state index contributed by atoms with van der Waals surface area (Å²) in [5, 5.41) is 3.00. The Hall–Kier alpha value is -2.30. The van der Waals surface area contributed by atoms with Crippen LogP contribution in [-0.4, -0.2) is 45.9 Å². The molecule has 0 radical (unpaired) electrons. The second-order valence-electron chi connectivity index (χ2n) is 9.51. The molecule has 36 heavy (non-hydrogen) atoms. The molecule has 0 saturated carbocycles. The fraction of sp³-hybridized carbons (Fsp3) is 0.400. The molecule has 1 amide bonds. The zero-order chi connectivity index (χ0) is 26.1. The van der Waals surface area contributed by atoms with Crippen LogP contribution in [0.3, 0.4) is 0 Å². The van der Waals surface area contributed by atoms with E-state index in [4.69, 9.17) is 16.6 Å². The van der Waals surface area contributed by atoms with Crippen LogP contribution in [0.4, 0.5) is 18.9 Å². The van der Waals surface area contributed by atoms with E-state index < -0.39 is 5.51 Å². The van der Waals surface area contributed by atoms with Gasteiger partial charge in [0, 0.05) is 65.6 Å². The number of amides is 1. The Bertz CT molecular complexity index is 1240. The molecule has 11 heteroatoms. The van der Waals surface area contributed by atoms with Gasteiger partial charge in [0.1, 0.15) is 5.01 Å². The van der Waals surface area contributed by atoms with Gasteiger partial charge in [0.25, 0.3) is 0 Å². The van der Waals surface area contributed by atoms with Crippen LogP contribution in [-0.2, 0) is 10.2 Å². The highest BCUT2D eigenvalue weighted by atomic mass is 35.5. The first-order valence-corrected chi connectivity index (χ1v) is 13.5. The maximum Gasteiger partial charge on any atom is 0.461 e. The third-order valence-electron chi connectivity index (χ3n) is 5.75. The van der Waals surface area contributed by atoms with Crippen molar-refractivity contribution in [1.82, 2.24) is 14.9 Å². The van der Waals surface area contributed by atoms with Gasteiger partial charge < -0.3 is 9.21 Å². The number of thiazole rings is 1. The monoisotopic (exact) mass is 554 g/mol. The molecular weight excluding hydrogens is 529 g/mol. The second-order valence-corrected chi connectivity index (χ2v) is 11.9. The van der Waals surface area contributed by atoms with Crippen molar-refractivity contribution in [3.05, 3.63) is 52.6 Å². The number of aromatic nitrogens is 2. The van der Waals surface area contributed by atoms with Crippen LogP contribution in [0.15, 0.2) is 41.9 Å². The van der Waals surface area contributed by atoms with Crippen molar-refractivity contribution in [2.24, 2.45) is 0 Å². The van der Waals surface area contributed by atoms with Crippen LogP contribution in [0, 0.1) is 0 Å². The number of anilines is 1. The fourth-order valence-electron chi connectivity index (χ4n) is 3.88. The van der Waals surface area contributed by atoms with Gasteiger partial charge in [-0.25, -0.2) is 4.98 Å². The molecule has 3 heterocycles. The Balaban J connectivity index is 1.56. The zero-order valence-corrected chi connectivity index (χ0v) is 22.5. The number of nitrogens with zero attached hydrogens (tertiary/aromatic N) is 4. The minimum Gasteiger partial charge on any atom is -0.341 e. The molecule has 3 aromatic rings. The summed E-state index contributed by atoms with van der Waals surface area (Å²) in [6.07, 6.45) is 2.94. The molecule has 0 spiro atoms. The summed E-state index contributed by atoms with van der Waals surface area (Å²) in [7, 11) is 0. The van der Waals surface area contributed by atoms with Crippen molar-refractivity contribution in [1.29, 1.82) is 0 Å². The summed E-state index contributed by atoms with van der Waals surface area (Å²) in [6.45, 7) is 7.11. The molecular formula is C25H26ClF3N4OS2. The molecule has 1 aliphatic heterocycles. The van der Waals surface area contributed by atoms with Crippen molar-refractivity contribution in [2.45, 2.75) is 44.5 Å². The summed E-state index contributed by atoms with van der Waals surface area (Å²) in [5.41, 5.74) is -1.06. The number of carbonyl (C=O) groups excluding carboxylic acids is 1. The van der Waals surface area contributed by atoms with Crippen LogP contribution in [0.25, 0.3) is 21.8 Å². The van der Waals surface area contributed by atoms with Crippen molar-refractivity contribution in [2.75, 3.05) is 23.9 Å². The molecule has 1 aliphatic rings. The van der Waals surface area contributed by atoms with Gasteiger partial charge in [-0.2, -0.15) is 13.2 Å². The maximum absolute atomic E-state index is 13.3. The summed E-state index contributed by atoms with van der Waals surface area (Å²) in [5.74, 6) is -0.0245. The van der Waals surface area contributed by atoms with Crippen molar-refractivity contribution in [3.63, 3.8) is 0 Å². The lowest BCUT2D eigenvalue weighted by molar-refractivity contribution is -0.127. The van der Waals surface area contributed by atoms with E-state index in [2.05, 4.69) is 25.8 Å². The van der Waals surface area contributed by atoms with E-state index in [1.54, 1.807) is 23.2 Å². The lowest BCUT2D eigenvalue weighted by Crippen LogP contribution is -2.34. The lowest BCUT2D eigenvalue weighted by atomic mass is 9.91. The largest absolute Gasteiger partial charge is 0.461 e. The number of halogens is 4. The van der Waals surface area contributed by atoms with Crippen molar-refractivity contribution < 1.29 is 18.0 Å². The Kier molecular flexibility index (Phi) is 7.87. The van der Waals surface area contributed by atoms with Gasteiger partial charge in [-0.3, -0.25) is 9.78 Å². The molecule has 4 rings (SSSR count). The van der Waals surface area contributed by atoms with Crippen LogP contribution >= 0.6 is 34.9 Å². The van der Waals surface area contributed by atoms with Gasteiger partial charge in [-0.1, -0.05) is 32.4 Å². The number of alkyl halides is 3. The number of hydrogen-bond acceptors (Lipinski definition) is 6. The highest BCUT2D eigenvalue weighted by Crippen LogP contribution is 2.40. The van der Waals surface area contributed by atoms with E-state index in [9.17, 15) is 18.0 Å².